The van der Waals surface area contributed by atoms with Crippen molar-refractivity contribution in [3.05, 3.63) is 29.8 Å². The molecule has 0 amide bonds. The van der Waals surface area contributed by atoms with Crippen molar-refractivity contribution in [2.24, 2.45) is 0 Å². The van der Waals surface area contributed by atoms with Crippen LogP contribution in [0, 0.1) is 0 Å². The minimum atomic E-state index is -0.495. The fourth-order valence-corrected chi connectivity index (χ4v) is 2.73. The van der Waals surface area contributed by atoms with Crippen LogP contribution in [0.3, 0.4) is 0 Å². The van der Waals surface area contributed by atoms with Crippen LogP contribution in [0.15, 0.2) is 24.3 Å². The molecule has 1 aliphatic heterocycles. The maximum absolute atomic E-state index is 10.2. The first kappa shape index (κ1) is 14.4. The summed E-state index contributed by atoms with van der Waals surface area (Å²) in [6.45, 7) is 7.98. The Hall–Kier alpha value is -1.06. The summed E-state index contributed by atoms with van der Waals surface area (Å²) in [5.74, 6) is 0. The number of nitrogens with one attached hydrogen (secondary N) is 1. The lowest BCUT2D eigenvalue weighted by Crippen LogP contribution is -2.29. The highest BCUT2D eigenvalue weighted by Gasteiger charge is 2.25. The van der Waals surface area contributed by atoms with E-state index in [4.69, 9.17) is 0 Å². The molecule has 0 bridgehead atoms. The number of nitrogens with zero attached hydrogens (tertiary/aromatic N) is 1. The minimum absolute atomic E-state index is 0.495. The van der Waals surface area contributed by atoms with Gasteiger partial charge in [-0.1, -0.05) is 25.1 Å². The Morgan fingerprint density at radius 3 is 2.84 bits per heavy atom. The smallest absolute Gasteiger partial charge is 0.0637 e. The molecule has 1 heterocycles. The van der Waals surface area contributed by atoms with E-state index in [1.54, 1.807) is 0 Å². The molecule has 1 saturated heterocycles. The van der Waals surface area contributed by atoms with Crippen molar-refractivity contribution in [2.75, 3.05) is 24.5 Å². The number of hydrogen-bond donors (Lipinski definition) is 2. The molecule has 0 aliphatic carbocycles. The predicted octanol–water partition coefficient (Wildman–Crippen LogP) is 2.54. The van der Waals surface area contributed by atoms with E-state index >= 15 is 0 Å². The monoisotopic (exact) mass is 262 g/mol. The summed E-state index contributed by atoms with van der Waals surface area (Å²) >= 11 is 0. The van der Waals surface area contributed by atoms with Crippen LogP contribution in [0.5, 0.6) is 0 Å². The lowest BCUT2D eigenvalue weighted by Gasteiger charge is -2.26. The number of benzene rings is 1. The molecular formula is C16H26N2O. The van der Waals surface area contributed by atoms with Gasteiger partial charge in [-0.15, -0.1) is 0 Å². The van der Waals surface area contributed by atoms with Crippen molar-refractivity contribution in [2.45, 2.75) is 45.3 Å². The largest absolute Gasteiger partial charge is 0.390 e. The van der Waals surface area contributed by atoms with Crippen LogP contribution in [0.25, 0.3) is 0 Å². The topological polar surface area (TPSA) is 35.5 Å². The molecule has 0 aromatic heterocycles. The van der Waals surface area contributed by atoms with E-state index < -0.39 is 5.60 Å². The fourth-order valence-electron chi connectivity index (χ4n) is 2.73. The molecule has 19 heavy (non-hydrogen) atoms. The molecule has 0 spiro atoms. The van der Waals surface area contributed by atoms with Gasteiger partial charge >= 0.3 is 0 Å². The summed E-state index contributed by atoms with van der Waals surface area (Å²) in [7, 11) is 0. The number of aliphatic hydroxyl groups is 1. The first-order valence-corrected chi connectivity index (χ1v) is 7.38. The van der Waals surface area contributed by atoms with Crippen molar-refractivity contribution in [3.8, 4) is 0 Å². The molecule has 0 saturated carbocycles. The van der Waals surface area contributed by atoms with Gasteiger partial charge in [0.1, 0.15) is 0 Å². The summed E-state index contributed by atoms with van der Waals surface area (Å²) in [5.41, 5.74) is 2.18. The third-order valence-corrected chi connectivity index (χ3v) is 3.96. The minimum Gasteiger partial charge on any atom is -0.390 e. The van der Waals surface area contributed by atoms with Gasteiger partial charge < -0.3 is 15.3 Å². The van der Waals surface area contributed by atoms with Gasteiger partial charge in [-0.2, -0.15) is 0 Å². The van der Waals surface area contributed by atoms with Gasteiger partial charge in [0.2, 0.25) is 0 Å². The molecule has 3 heteroatoms. The van der Waals surface area contributed by atoms with Gasteiger partial charge in [-0.05, 0) is 44.4 Å². The number of hydrogen-bond acceptors (Lipinski definition) is 3. The Labute approximate surface area is 116 Å². The molecule has 1 aliphatic rings. The first-order valence-electron chi connectivity index (χ1n) is 7.38. The van der Waals surface area contributed by atoms with Crippen LogP contribution in [0.2, 0.25) is 0 Å². The Morgan fingerprint density at radius 2 is 2.05 bits per heavy atom. The maximum atomic E-state index is 10.2. The molecule has 3 nitrogen and oxygen atoms in total. The standard InChI is InChI=1S/C16H26N2O/c1-3-17-13-14-7-4-5-8-15(14)18-11-6-9-16(2,19)10-12-18/h4-5,7-8,17,19H,3,6,9-13H2,1-2H3. The molecular weight excluding hydrogens is 236 g/mol. The zero-order valence-electron chi connectivity index (χ0n) is 12.2. The van der Waals surface area contributed by atoms with Crippen LogP contribution in [-0.2, 0) is 6.54 Å². The quantitative estimate of drug-likeness (QED) is 0.875. The van der Waals surface area contributed by atoms with E-state index in [1.807, 2.05) is 6.92 Å². The molecule has 1 aromatic rings. The van der Waals surface area contributed by atoms with Gasteiger partial charge in [0.05, 0.1) is 5.60 Å². The lowest BCUT2D eigenvalue weighted by molar-refractivity contribution is 0.0481. The van der Waals surface area contributed by atoms with Crippen molar-refractivity contribution in [1.29, 1.82) is 0 Å². The van der Waals surface area contributed by atoms with E-state index in [2.05, 4.69) is 41.4 Å². The average molecular weight is 262 g/mol. The van der Waals surface area contributed by atoms with Gasteiger partial charge in [-0.3, -0.25) is 0 Å². The van der Waals surface area contributed by atoms with Crippen LogP contribution in [0.4, 0.5) is 5.69 Å². The fraction of sp³-hybridized carbons (Fsp3) is 0.625. The molecule has 0 radical (unpaired) electrons. The summed E-state index contributed by atoms with van der Waals surface area (Å²) in [6, 6.07) is 8.60. The summed E-state index contributed by atoms with van der Waals surface area (Å²) in [4.78, 5) is 2.42. The van der Waals surface area contributed by atoms with E-state index in [1.165, 1.54) is 11.3 Å². The van der Waals surface area contributed by atoms with Crippen LogP contribution >= 0.6 is 0 Å². The second kappa shape index (κ2) is 6.40. The second-order valence-corrected chi connectivity index (χ2v) is 5.75. The third-order valence-electron chi connectivity index (χ3n) is 3.96. The molecule has 1 fully saturated rings. The van der Waals surface area contributed by atoms with Crippen LogP contribution in [0.1, 0.15) is 38.7 Å². The van der Waals surface area contributed by atoms with Gasteiger partial charge in [0.15, 0.2) is 0 Å². The van der Waals surface area contributed by atoms with Gasteiger partial charge in [0, 0.05) is 25.3 Å². The Kier molecular flexibility index (Phi) is 4.83. The maximum Gasteiger partial charge on any atom is 0.0637 e. The lowest BCUT2D eigenvalue weighted by atomic mass is 9.98. The van der Waals surface area contributed by atoms with Gasteiger partial charge in [0.25, 0.3) is 0 Å². The Bertz CT molecular complexity index is 403. The normalized spacial score (nSPS) is 24.3. The van der Waals surface area contributed by atoms with Crippen LogP contribution < -0.4 is 10.2 Å². The number of anilines is 1. The van der Waals surface area contributed by atoms with Crippen molar-refractivity contribution < 1.29 is 5.11 Å². The Balaban J connectivity index is 2.12. The Morgan fingerprint density at radius 1 is 1.26 bits per heavy atom. The highest BCUT2D eigenvalue weighted by atomic mass is 16.3. The number of rotatable bonds is 4. The highest BCUT2D eigenvalue weighted by Crippen LogP contribution is 2.27. The summed E-state index contributed by atoms with van der Waals surface area (Å²) in [6.07, 6.45) is 2.81. The van der Waals surface area contributed by atoms with Crippen molar-refractivity contribution >= 4 is 5.69 Å². The second-order valence-electron chi connectivity index (χ2n) is 5.75. The summed E-state index contributed by atoms with van der Waals surface area (Å²) in [5, 5.41) is 13.6. The van der Waals surface area contributed by atoms with E-state index in [0.29, 0.717) is 0 Å². The zero-order chi connectivity index (χ0) is 13.7. The molecule has 106 valence electrons. The van der Waals surface area contributed by atoms with E-state index in [9.17, 15) is 5.11 Å². The molecule has 1 atom stereocenters. The SMILES string of the molecule is CCNCc1ccccc1N1CCCC(C)(O)CC1. The molecule has 1 unspecified atom stereocenters. The predicted molar refractivity (Wildman–Crippen MR) is 80.5 cm³/mol. The number of para-hydroxylation sites is 1. The van der Waals surface area contributed by atoms with Crippen LogP contribution in [-0.4, -0.2) is 30.3 Å². The van der Waals surface area contributed by atoms with Crippen molar-refractivity contribution in [3.63, 3.8) is 0 Å². The van der Waals surface area contributed by atoms with E-state index in [0.717, 1.165) is 45.4 Å². The molecule has 2 rings (SSSR count). The van der Waals surface area contributed by atoms with Gasteiger partial charge in [-0.25, -0.2) is 0 Å². The summed E-state index contributed by atoms with van der Waals surface area (Å²) < 4.78 is 0. The zero-order valence-corrected chi connectivity index (χ0v) is 12.2. The molecule has 1 aromatic carbocycles. The van der Waals surface area contributed by atoms with Crippen molar-refractivity contribution in [1.82, 2.24) is 5.32 Å². The first-order chi connectivity index (χ1) is 9.12. The van der Waals surface area contributed by atoms with E-state index in [-0.39, 0.29) is 0 Å². The average Bonchev–Trinajstić information content (AvgIpc) is 2.58. The highest BCUT2D eigenvalue weighted by molar-refractivity contribution is 5.53. The molecule has 2 N–H and O–H groups in total. The third kappa shape index (κ3) is 3.95.